The summed E-state index contributed by atoms with van der Waals surface area (Å²) < 4.78 is 45.6. The average molecular weight is 447 g/mol. The van der Waals surface area contributed by atoms with Crippen molar-refractivity contribution in [1.29, 1.82) is 0 Å². The lowest BCUT2D eigenvalue weighted by Crippen LogP contribution is -2.27. The Morgan fingerprint density at radius 2 is 1.58 bits per heavy atom. The highest BCUT2D eigenvalue weighted by atomic mass is 35.5. The number of carbonyl (C=O) groups is 1. The molecular weight excluding hydrogens is 429 g/mol. The largest absolute Gasteiger partial charge is 0.457 e. The number of nitrogens with zero attached hydrogens (tertiary/aromatic N) is 1. The number of nitrogens with two attached hydrogens (primary N) is 1. The van der Waals surface area contributed by atoms with Gasteiger partial charge < -0.3 is 15.4 Å². The molecule has 8 heteroatoms. The number of ether oxygens (including phenoxy) is 1. The smallest absolute Gasteiger partial charge is 0.418 e. The van der Waals surface area contributed by atoms with Crippen LogP contribution in [0.25, 0.3) is 0 Å². The number of alkyl halides is 3. The van der Waals surface area contributed by atoms with Crippen LogP contribution in [0.3, 0.4) is 0 Å². The molecule has 160 valence electrons. The fourth-order valence-electron chi connectivity index (χ4n) is 3.66. The van der Waals surface area contributed by atoms with Crippen LogP contribution >= 0.6 is 11.6 Å². The van der Waals surface area contributed by atoms with E-state index in [2.05, 4.69) is 0 Å². The summed E-state index contributed by atoms with van der Waals surface area (Å²) in [6.07, 6.45) is -3.89. The minimum absolute atomic E-state index is 0.151. The highest BCUT2D eigenvalue weighted by molar-refractivity contribution is 6.30. The van der Waals surface area contributed by atoms with Gasteiger partial charge >= 0.3 is 6.18 Å². The quantitative estimate of drug-likeness (QED) is 0.459. The molecule has 2 N–H and O–H groups in total. The summed E-state index contributed by atoms with van der Waals surface area (Å²) in [4.78, 5) is 14.1. The molecule has 0 spiro atoms. The van der Waals surface area contributed by atoms with Crippen molar-refractivity contribution in [2.45, 2.75) is 25.1 Å². The van der Waals surface area contributed by atoms with Crippen molar-refractivity contribution >= 4 is 28.9 Å². The summed E-state index contributed by atoms with van der Waals surface area (Å²) >= 11 is 5.87. The first-order valence-corrected chi connectivity index (χ1v) is 9.92. The number of benzene rings is 3. The van der Waals surface area contributed by atoms with Gasteiger partial charge in [-0.25, -0.2) is 0 Å². The number of hydrogen-bond acceptors (Lipinski definition) is 3. The number of anilines is 2. The van der Waals surface area contributed by atoms with Gasteiger partial charge in [-0.2, -0.15) is 13.2 Å². The van der Waals surface area contributed by atoms with Crippen LogP contribution in [0.4, 0.5) is 24.5 Å². The molecule has 1 aliphatic rings. The van der Waals surface area contributed by atoms with Crippen molar-refractivity contribution in [2.24, 2.45) is 0 Å². The van der Waals surface area contributed by atoms with Crippen LogP contribution in [-0.4, -0.2) is 5.91 Å². The van der Waals surface area contributed by atoms with Gasteiger partial charge in [0.1, 0.15) is 11.5 Å². The Morgan fingerprint density at radius 3 is 2.19 bits per heavy atom. The fraction of sp³-hybridized carbons (Fsp3) is 0.174. The second-order valence-electron chi connectivity index (χ2n) is 7.21. The number of halogens is 4. The monoisotopic (exact) mass is 446 g/mol. The molecular formula is C23H18ClF3N2O2. The molecule has 1 amide bonds. The molecule has 4 rings (SSSR count). The normalized spacial score (nSPS) is 16.6. The Morgan fingerprint density at radius 1 is 0.968 bits per heavy atom. The summed E-state index contributed by atoms with van der Waals surface area (Å²) in [6, 6.07) is 17.0. The zero-order valence-electron chi connectivity index (χ0n) is 16.2. The SMILES string of the molecule is Nc1ccc(C2CCC(=O)N2c2ccc(Oc3ccc(Cl)cc3)cc2)cc1C(F)(F)F. The van der Waals surface area contributed by atoms with Crippen LogP contribution < -0.4 is 15.4 Å². The summed E-state index contributed by atoms with van der Waals surface area (Å²) in [5.74, 6) is 1.01. The predicted molar refractivity (Wildman–Crippen MR) is 113 cm³/mol. The first kappa shape index (κ1) is 21.1. The maximum atomic E-state index is 13.3. The zero-order valence-corrected chi connectivity index (χ0v) is 17.0. The fourth-order valence-corrected chi connectivity index (χ4v) is 3.79. The summed E-state index contributed by atoms with van der Waals surface area (Å²) in [7, 11) is 0. The molecule has 1 fully saturated rings. The molecule has 1 unspecified atom stereocenters. The molecule has 1 atom stereocenters. The lowest BCUT2D eigenvalue weighted by molar-refractivity contribution is -0.137. The lowest BCUT2D eigenvalue weighted by atomic mass is 10.00. The Balaban J connectivity index is 1.59. The van der Waals surface area contributed by atoms with E-state index in [1.165, 1.54) is 11.0 Å². The third kappa shape index (κ3) is 4.46. The summed E-state index contributed by atoms with van der Waals surface area (Å²) in [5.41, 5.74) is 5.27. The standard InChI is InChI=1S/C23H18ClF3N2O2/c24-15-2-6-17(7-3-15)31-18-8-4-16(5-9-18)29-21(11-12-22(29)30)14-1-10-20(28)19(13-14)23(25,26)27/h1-10,13,21H,11-12,28H2. The van der Waals surface area contributed by atoms with Crippen molar-refractivity contribution in [3.05, 3.63) is 82.9 Å². The summed E-state index contributed by atoms with van der Waals surface area (Å²) in [5, 5.41) is 0.595. The zero-order chi connectivity index (χ0) is 22.2. The van der Waals surface area contributed by atoms with Crippen LogP contribution in [0.2, 0.25) is 5.02 Å². The molecule has 0 radical (unpaired) electrons. The van der Waals surface area contributed by atoms with E-state index in [0.717, 1.165) is 6.07 Å². The second kappa shape index (κ2) is 8.15. The van der Waals surface area contributed by atoms with E-state index in [4.69, 9.17) is 22.1 Å². The second-order valence-corrected chi connectivity index (χ2v) is 7.65. The van der Waals surface area contributed by atoms with Crippen molar-refractivity contribution < 1.29 is 22.7 Å². The highest BCUT2D eigenvalue weighted by Gasteiger charge is 2.37. The number of rotatable bonds is 4. The maximum Gasteiger partial charge on any atom is 0.418 e. The predicted octanol–water partition coefficient (Wildman–Crippen LogP) is 6.60. The van der Waals surface area contributed by atoms with E-state index in [1.807, 2.05) is 0 Å². The molecule has 1 heterocycles. The van der Waals surface area contributed by atoms with Gasteiger partial charge in [-0.1, -0.05) is 17.7 Å². The molecule has 3 aromatic carbocycles. The molecule has 0 bridgehead atoms. The van der Waals surface area contributed by atoms with Crippen molar-refractivity contribution in [3.8, 4) is 11.5 Å². The first-order valence-electron chi connectivity index (χ1n) is 9.54. The number of nitrogen functional groups attached to an aromatic ring is 1. The Labute approximate surface area is 182 Å². The third-order valence-electron chi connectivity index (χ3n) is 5.14. The van der Waals surface area contributed by atoms with Gasteiger partial charge in [0.2, 0.25) is 5.91 Å². The first-order chi connectivity index (χ1) is 14.7. The molecule has 4 nitrogen and oxygen atoms in total. The van der Waals surface area contributed by atoms with Gasteiger partial charge in [0.15, 0.2) is 0 Å². The molecule has 31 heavy (non-hydrogen) atoms. The lowest BCUT2D eigenvalue weighted by Gasteiger charge is -2.26. The number of hydrogen-bond donors (Lipinski definition) is 1. The number of carbonyl (C=O) groups excluding carboxylic acids is 1. The van der Waals surface area contributed by atoms with E-state index >= 15 is 0 Å². The molecule has 1 aliphatic heterocycles. The minimum Gasteiger partial charge on any atom is -0.457 e. The molecule has 1 saturated heterocycles. The van der Waals surface area contributed by atoms with Gasteiger partial charge in [-0.05, 0) is 72.6 Å². The van der Waals surface area contributed by atoms with Crippen LogP contribution in [-0.2, 0) is 11.0 Å². The van der Waals surface area contributed by atoms with Gasteiger partial charge in [0.25, 0.3) is 0 Å². The van der Waals surface area contributed by atoms with Gasteiger partial charge in [-0.15, -0.1) is 0 Å². The van der Waals surface area contributed by atoms with Gasteiger partial charge in [-0.3, -0.25) is 4.79 Å². The van der Waals surface area contributed by atoms with E-state index < -0.39 is 17.8 Å². The molecule has 0 aromatic heterocycles. The van der Waals surface area contributed by atoms with Crippen molar-refractivity contribution in [2.75, 3.05) is 10.6 Å². The topological polar surface area (TPSA) is 55.6 Å². The third-order valence-corrected chi connectivity index (χ3v) is 5.40. The van der Waals surface area contributed by atoms with Crippen molar-refractivity contribution in [1.82, 2.24) is 0 Å². The summed E-state index contributed by atoms with van der Waals surface area (Å²) in [6.45, 7) is 0. The van der Waals surface area contributed by atoms with Crippen molar-refractivity contribution in [3.63, 3.8) is 0 Å². The highest BCUT2D eigenvalue weighted by Crippen LogP contribution is 2.41. The number of amides is 1. The van der Waals surface area contributed by atoms with Gasteiger partial charge in [0, 0.05) is 22.8 Å². The molecule has 3 aromatic rings. The Bertz CT molecular complexity index is 1100. The maximum absolute atomic E-state index is 13.3. The molecule has 0 saturated carbocycles. The van der Waals surface area contributed by atoms with Crippen LogP contribution in [0.15, 0.2) is 66.7 Å². The van der Waals surface area contributed by atoms with Gasteiger partial charge in [0.05, 0.1) is 11.6 Å². The minimum atomic E-state index is -4.56. The van der Waals surface area contributed by atoms with E-state index in [1.54, 1.807) is 54.6 Å². The Kier molecular flexibility index (Phi) is 5.54. The van der Waals surface area contributed by atoms with E-state index in [-0.39, 0.29) is 18.0 Å². The van der Waals surface area contributed by atoms with E-state index in [9.17, 15) is 18.0 Å². The van der Waals surface area contributed by atoms with Crippen LogP contribution in [0.5, 0.6) is 11.5 Å². The average Bonchev–Trinajstić information content (AvgIpc) is 3.11. The Hall–Kier alpha value is -3.19. The van der Waals surface area contributed by atoms with Crippen LogP contribution in [0, 0.1) is 0 Å². The van der Waals surface area contributed by atoms with Crippen LogP contribution in [0.1, 0.15) is 30.0 Å². The van der Waals surface area contributed by atoms with E-state index in [0.29, 0.717) is 34.2 Å². The molecule has 0 aliphatic carbocycles.